The second-order valence-corrected chi connectivity index (χ2v) is 6.31. The first kappa shape index (κ1) is 17.6. The average molecular weight is 425 g/mol. The van der Waals surface area contributed by atoms with Crippen LogP contribution in [-0.2, 0) is 6.61 Å². The lowest BCUT2D eigenvalue weighted by molar-refractivity contribution is 0.268. The van der Waals surface area contributed by atoms with Crippen LogP contribution in [0.5, 0.6) is 11.5 Å². The maximum atomic E-state index is 6.18. The number of ether oxygens (including phenoxy) is 2. The highest BCUT2D eigenvalue weighted by atomic mass is 79.9. The van der Waals surface area contributed by atoms with E-state index in [1.165, 1.54) is 0 Å². The Balaban J connectivity index is 1.91. The summed E-state index contributed by atoms with van der Waals surface area (Å²) in [6.07, 6.45) is 0. The molecule has 1 aromatic heterocycles. The maximum absolute atomic E-state index is 6.18. The predicted molar refractivity (Wildman–Crippen MR) is 98.8 cm³/mol. The fraction of sp³-hybridized carbons (Fsp3) is 0.176. The highest BCUT2D eigenvalue weighted by molar-refractivity contribution is 9.10. The number of hydrogen-bond acceptors (Lipinski definition) is 6. The van der Waals surface area contributed by atoms with Crippen LogP contribution in [0.3, 0.4) is 0 Å². The van der Waals surface area contributed by atoms with Crippen molar-refractivity contribution in [3.63, 3.8) is 0 Å². The fourth-order valence-corrected chi connectivity index (χ4v) is 2.96. The highest BCUT2D eigenvalue weighted by Gasteiger charge is 2.17. The molecule has 2 aromatic carbocycles. The van der Waals surface area contributed by atoms with E-state index < -0.39 is 0 Å². The standard InChI is InChI=1S/C17H15BrClN3O3/c1-2-23-14-8-11(16-21-22-17(20)25-16)7-12(18)15(14)24-9-10-5-3-4-6-13(10)19/h3-8H,2,9H2,1H3,(H2,20,22). The minimum absolute atomic E-state index is 0.00290. The van der Waals surface area contributed by atoms with Gasteiger partial charge in [0.15, 0.2) is 11.5 Å². The van der Waals surface area contributed by atoms with Gasteiger partial charge in [0.25, 0.3) is 0 Å². The van der Waals surface area contributed by atoms with Crippen LogP contribution in [0.1, 0.15) is 12.5 Å². The lowest BCUT2D eigenvalue weighted by atomic mass is 10.2. The average Bonchev–Trinajstić information content (AvgIpc) is 3.02. The van der Waals surface area contributed by atoms with E-state index in [1.807, 2.05) is 31.2 Å². The summed E-state index contributed by atoms with van der Waals surface area (Å²) in [5.41, 5.74) is 7.04. The Bertz CT molecular complexity index is 885. The zero-order valence-electron chi connectivity index (χ0n) is 13.3. The zero-order valence-corrected chi connectivity index (χ0v) is 15.7. The van der Waals surface area contributed by atoms with Crippen molar-refractivity contribution >= 4 is 33.5 Å². The van der Waals surface area contributed by atoms with E-state index >= 15 is 0 Å². The van der Waals surface area contributed by atoms with Gasteiger partial charge in [-0.1, -0.05) is 34.9 Å². The van der Waals surface area contributed by atoms with Crippen LogP contribution >= 0.6 is 27.5 Å². The van der Waals surface area contributed by atoms with Crippen LogP contribution < -0.4 is 15.2 Å². The first-order valence-corrected chi connectivity index (χ1v) is 8.67. The Morgan fingerprint density at radius 1 is 1.20 bits per heavy atom. The van der Waals surface area contributed by atoms with E-state index in [9.17, 15) is 0 Å². The monoisotopic (exact) mass is 423 g/mol. The van der Waals surface area contributed by atoms with Crippen LogP contribution in [0, 0.1) is 0 Å². The number of nitrogens with zero attached hydrogens (tertiary/aromatic N) is 2. The smallest absolute Gasteiger partial charge is 0.313 e. The van der Waals surface area contributed by atoms with Gasteiger partial charge >= 0.3 is 6.01 Å². The van der Waals surface area contributed by atoms with Gasteiger partial charge in [-0.25, -0.2) is 0 Å². The molecule has 25 heavy (non-hydrogen) atoms. The lowest BCUT2D eigenvalue weighted by Crippen LogP contribution is -2.01. The molecule has 0 spiro atoms. The van der Waals surface area contributed by atoms with Crippen LogP contribution in [0.4, 0.5) is 6.01 Å². The predicted octanol–water partition coefficient (Wildman–Crippen LogP) is 4.71. The molecule has 130 valence electrons. The molecular weight excluding hydrogens is 410 g/mol. The molecule has 0 bridgehead atoms. The van der Waals surface area contributed by atoms with E-state index in [1.54, 1.807) is 12.1 Å². The Kier molecular flexibility index (Phi) is 5.45. The molecule has 0 aliphatic heterocycles. The molecule has 0 saturated carbocycles. The van der Waals surface area contributed by atoms with Gasteiger partial charge in [0.05, 0.1) is 11.1 Å². The van der Waals surface area contributed by atoms with E-state index in [2.05, 4.69) is 26.1 Å². The summed E-state index contributed by atoms with van der Waals surface area (Å²) in [5.74, 6) is 1.42. The molecule has 3 aromatic rings. The molecular formula is C17H15BrClN3O3. The number of rotatable bonds is 6. The summed E-state index contributed by atoms with van der Waals surface area (Å²) in [5, 5.41) is 8.20. The molecule has 3 rings (SSSR count). The third-order valence-corrected chi connectivity index (χ3v) is 4.28. The third kappa shape index (κ3) is 4.05. The molecule has 0 atom stereocenters. The van der Waals surface area contributed by atoms with Gasteiger partial charge in [0, 0.05) is 16.1 Å². The second kappa shape index (κ2) is 7.76. The van der Waals surface area contributed by atoms with Gasteiger partial charge in [-0.05, 0) is 41.1 Å². The summed E-state index contributed by atoms with van der Waals surface area (Å²) in [7, 11) is 0. The largest absolute Gasteiger partial charge is 0.490 e. The van der Waals surface area contributed by atoms with Crippen molar-refractivity contribution in [3.05, 3.63) is 51.5 Å². The number of nitrogens with two attached hydrogens (primary N) is 1. The Labute approximate surface area is 158 Å². The van der Waals surface area contributed by atoms with Gasteiger partial charge in [0.1, 0.15) is 6.61 Å². The Hall–Kier alpha value is -2.25. The zero-order chi connectivity index (χ0) is 17.8. The van der Waals surface area contributed by atoms with Gasteiger partial charge < -0.3 is 19.6 Å². The molecule has 6 nitrogen and oxygen atoms in total. The molecule has 8 heteroatoms. The lowest BCUT2D eigenvalue weighted by Gasteiger charge is -2.15. The van der Waals surface area contributed by atoms with Crippen molar-refractivity contribution in [1.29, 1.82) is 0 Å². The maximum Gasteiger partial charge on any atom is 0.313 e. The van der Waals surface area contributed by atoms with Gasteiger partial charge in [-0.2, -0.15) is 0 Å². The molecule has 0 amide bonds. The first-order chi connectivity index (χ1) is 12.1. The summed E-state index contributed by atoms with van der Waals surface area (Å²) >= 11 is 9.68. The normalized spacial score (nSPS) is 10.7. The number of halogens is 2. The third-order valence-electron chi connectivity index (χ3n) is 3.33. The summed E-state index contributed by atoms with van der Waals surface area (Å²) in [6, 6.07) is 11.1. The minimum Gasteiger partial charge on any atom is -0.490 e. The summed E-state index contributed by atoms with van der Waals surface area (Å²) in [6.45, 7) is 2.68. The molecule has 0 aliphatic rings. The van der Waals surface area contributed by atoms with Crippen molar-refractivity contribution in [2.24, 2.45) is 0 Å². The van der Waals surface area contributed by atoms with Gasteiger partial charge in [0.2, 0.25) is 5.89 Å². The van der Waals surface area contributed by atoms with Gasteiger partial charge in [-0.15, -0.1) is 5.10 Å². The molecule has 0 fully saturated rings. The van der Waals surface area contributed by atoms with Gasteiger partial charge in [-0.3, -0.25) is 0 Å². The minimum atomic E-state index is 0.00290. The van der Waals surface area contributed by atoms with Crippen LogP contribution in [0.2, 0.25) is 5.02 Å². The van der Waals surface area contributed by atoms with E-state index in [0.717, 1.165) is 5.56 Å². The first-order valence-electron chi connectivity index (χ1n) is 7.50. The topological polar surface area (TPSA) is 83.4 Å². The van der Waals surface area contributed by atoms with Crippen molar-refractivity contribution in [1.82, 2.24) is 10.2 Å². The summed E-state index contributed by atoms with van der Waals surface area (Å²) < 4.78 is 17.6. The second-order valence-electron chi connectivity index (χ2n) is 5.04. The molecule has 0 aliphatic carbocycles. The molecule has 2 N–H and O–H groups in total. The van der Waals surface area contributed by atoms with Crippen molar-refractivity contribution in [2.75, 3.05) is 12.3 Å². The molecule has 0 saturated heterocycles. The van der Waals surface area contributed by atoms with E-state index in [-0.39, 0.29) is 6.01 Å². The number of nitrogen functional groups attached to an aromatic ring is 1. The van der Waals surface area contributed by atoms with Crippen molar-refractivity contribution in [2.45, 2.75) is 13.5 Å². The molecule has 0 radical (unpaired) electrons. The highest BCUT2D eigenvalue weighted by Crippen LogP contribution is 2.40. The van der Waals surface area contributed by atoms with Crippen LogP contribution in [0.25, 0.3) is 11.5 Å². The van der Waals surface area contributed by atoms with Crippen LogP contribution in [0.15, 0.2) is 45.3 Å². The SMILES string of the molecule is CCOc1cc(-c2nnc(N)o2)cc(Br)c1OCc1ccccc1Cl. The van der Waals surface area contributed by atoms with Crippen LogP contribution in [-0.4, -0.2) is 16.8 Å². The van der Waals surface area contributed by atoms with E-state index in [0.29, 0.717) is 45.7 Å². The number of aromatic nitrogens is 2. The molecule has 1 heterocycles. The van der Waals surface area contributed by atoms with Crippen molar-refractivity contribution < 1.29 is 13.9 Å². The fourth-order valence-electron chi connectivity index (χ4n) is 2.21. The number of anilines is 1. The quantitative estimate of drug-likeness (QED) is 0.617. The summed E-state index contributed by atoms with van der Waals surface area (Å²) in [4.78, 5) is 0. The Morgan fingerprint density at radius 3 is 2.68 bits per heavy atom. The number of benzene rings is 2. The molecule has 0 unspecified atom stereocenters. The Morgan fingerprint density at radius 2 is 2.00 bits per heavy atom. The number of hydrogen-bond donors (Lipinski definition) is 1. The van der Waals surface area contributed by atoms with Crippen molar-refractivity contribution in [3.8, 4) is 23.0 Å². The van der Waals surface area contributed by atoms with E-state index in [4.69, 9.17) is 31.2 Å².